The van der Waals surface area contributed by atoms with Gasteiger partial charge in [0, 0.05) is 11.1 Å². The van der Waals surface area contributed by atoms with Crippen LogP contribution in [0, 0.1) is 79.3 Å². The maximum absolute atomic E-state index is 9.34. The Balaban J connectivity index is 3.24. The molecule has 0 heterocycles. The van der Waals surface area contributed by atoms with Crippen molar-refractivity contribution in [3.05, 3.63) is 39.0 Å². The van der Waals surface area contributed by atoms with Gasteiger partial charge in [-0.05, 0) is 0 Å². The largest absolute Gasteiger partial charge is 0.197 e. The van der Waals surface area contributed by atoms with Crippen LogP contribution in [0.15, 0.2) is 5.57 Å². The Morgan fingerprint density at radius 2 is 1.09 bits per heavy atom. The van der Waals surface area contributed by atoms with E-state index in [1.54, 1.807) is 36.4 Å². The van der Waals surface area contributed by atoms with Crippen molar-refractivity contribution in [1.29, 1.82) is 36.8 Å². The average molecular weight is 291 g/mol. The van der Waals surface area contributed by atoms with Crippen molar-refractivity contribution in [2.75, 3.05) is 0 Å². The van der Waals surface area contributed by atoms with Crippen LogP contribution >= 0.6 is 0 Å². The van der Waals surface area contributed by atoms with Gasteiger partial charge in [-0.1, -0.05) is 0 Å². The summed E-state index contributed by atoms with van der Waals surface area (Å²) in [5.74, 6) is -1.23. The van der Waals surface area contributed by atoms with Gasteiger partial charge in [-0.25, -0.2) is 0 Å². The van der Waals surface area contributed by atoms with Gasteiger partial charge < -0.3 is 0 Å². The number of allylic oxidation sites excluding steroid dienone is 2. The fraction of sp³-hybridized carbons (Fsp3) is 0.0625. The Labute approximate surface area is 130 Å². The SMILES string of the molecule is N#CC1=C(C#N)[C@@H](C#N)c2c(C#N)c(C#N)c(C#N)c(C#N)c21. The molecule has 7 nitrogen and oxygen atoms in total. The molecule has 0 aromatic heterocycles. The van der Waals surface area contributed by atoms with E-state index in [2.05, 4.69) is 0 Å². The van der Waals surface area contributed by atoms with Gasteiger partial charge in [0.2, 0.25) is 0 Å². The van der Waals surface area contributed by atoms with Gasteiger partial charge in [0.1, 0.15) is 36.3 Å². The fourth-order valence-corrected chi connectivity index (χ4v) is 2.56. The van der Waals surface area contributed by atoms with Gasteiger partial charge in [-0.15, -0.1) is 0 Å². The van der Waals surface area contributed by atoms with Gasteiger partial charge in [0.05, 0.1) is 45.5 Å². The van der Waals surface area contributed by atoms with Crippen molar-refractivity contribution in [3.63, 3.8) is 0 Å². The zero-order chi connectivity index (χ0) is 17.1. The first-order chi connectivity index (χ1) is 11.1. The van der Waals surface area contributed by atoms with Gasteiger partial charge in [0.25, 0.3) is 0 Å². The molecule has 2 rings (SSSR count). The number of fused-ring (bicyclic) bond motifs is 1. The van der Waals surface area contributed by atoms with Crippen molar-refractivity contribution in [3.8, 4) is 42.5 Å². The lowest BCUT2D eigenvalue weighted by Gasteiger charge is -2.11. The molecule has 1 aliphatic carbocycles. The molecule has 7 heteroatoms. The van der Waals surface area contributed by atoms with E-state index in [0.29, 0.717) is 0 Å². The predicted molar refractivity (Wildman–Crippen MR) is 71.8 cm³/mol. The Bertz CT molecular complexity index is 1090. The topological polar surface area (TPSA) is 167 Å². The maximum Gasteiger partial charge on any atom is 0.109 e. The molecule has 1 aromatic carbocycles. The standard InChI is InChI=1S/C16HN7/c17-1-8-9(2-18)12(5-21)16-14(7-23)10(3-19)13(6-22)15(16)11(8)4-20/h13H/t13-/m1/s1. The highest BCUT2D eigenvalue weighted by atomic mass is 14.4. The first kappa shape index (κ1) is 14.8. The second-order valence-corrected chi connectivity index (χ2v) is 4.31. The lowest BCUT2D eigenvalue weighted by molar-refractivity contribution is 1.06. The second-order valence-electron chi connectivity index (χ2n) is 4.31. The molecular formula is C16HN7. The number of hydrogen-bond acceptors (Lipinski definition) is 7. The Morgan fingerprint density at radius 1 is 0.565 bits per heavy atom. The highest BCUT2D eigenvalue weighted by Gasteiger charge is 2.39. The highest BCUT2D eigenvalue weighted by Crippen LogP contribution is 2.46. The third-order valence-corrected chi connectivity index (χ3v) is 3.44. The van der Waals surface area contributed by atoms with Crippen molar-refractivity contribution in [2.24, 2.45) is 0 Å². The highest BCUT2D eigenvalue weighted by molar-refractivity contribution is 5.95. The molecule has 0 amide bonds. The minimum absolute atomic E-state index is 0.0322. The molecule has 1 aromatic rings. The van der Waals surface area contributed by atoms with Crippen molar-refractivity contribution in [2.45, 2.75) is 5.92 Å². The number of rotatable bonds is 0. The van der Waals surface area contributed by atoms with E-state index in [0.717, 1.165) is 0 Å². The van der Waals surface area contributed by atoms with Crippen LogP contribution in [0.25, 0.3) is 5.57 Å². The summed E-state index contributed by atoms with van der Waals surface area (Å²) in [5, 5.41) is 65.0. The Kier molecular flexibility index (Phi) is 3.48. The zero-order valence-corrected chi connectivity index (χ0v) is 11.2. The smallest absolute Gasteiger partial charge is 0.109 e. The van der Waals surface area contributed by atoms with E-state index in [1.165, 1.54) is 0 Å². The van der Waals surface area contributed by atoms with Gasteiger partial charge in [-0.2, -0.15) is 36.8 Å². The zero-order valence-electron chi connectivity index (χ0n) is 11.2. The molecule has 0 saturated heterocycles. The third-order valence-electron chi connectivity index (χ3n) is 3.44. The van der Waals surface area contributed by atoms with Gasteiger partial charge >= 0.3 is 0 Å². The van der Waals surface area contributed by atoms with Crippen LogP contribution < -0.4 is 0 Å². The minimum Gasteiger partial charge on any atom is -0.197 e. The van der Waals surface area contributed by atoms with E-state index in [1.807, 2.05) is 6.07 Å². The first-order valence-electron chi connectivity index (χ1n) is 5.93. The monoisotopic (exact) mass is 291 g/mol. The van der Waals surface area contributed by atoms with Crippen molar-refractivity contribution >= 4 is 5.57 Å². The molecule has 0 unspecified atom stereocenters. The molecule has 100 valence electrons. The summed E-state index contributed by atoms with van der Waals surface area (Å²) >= 11 is 0. The molecule has 0 N–H and O–H groups in total. The van der Waals surface area contributed by atoms with E-state index in [4.69, 9.17) is 0 Å². The van der Waals surface area contributed by atoms with Crippen LogP contribution in [-0.2, 0) is 0 Å². The van der Waals surface area contributed by atoms with Crippen LogP contribution in [0.1, 0.15) is 39.3 Å². The summed E-state index contributed by atoms with van der Waals surface area (Å²) in [6.07, 6.45) is 0. The molecule has 1 aliphatic rings. The lowest BCUT2D eigenvalue weighted by atomic mass is 9.85. The Morgan fingerprint density at radius 3 is 1.48 bits per heavy atom. The molecule has 23 heavy (non-hydrogen) atoms. The van der Waals surface area contributed by atoms with Crippen LogP contribution in [0.2, 0.25) is 0 Å². The predicted octanol–water partition coefficient (Wildman–Crippen LogP) is 1.59. The average Bonchev–Trinajstić information content (AvgIpc) is 2.91. The fourth-order valence-electron chi connectivity index (χ4n) is 2.56. The molecule has 0 radical (unpaired) electrons. The number of hydrogen-bond donors (Lipinski definition) is 0. The molecule has 0 aliphatic heterocycles. The summed E-state index contributed by atoms with van der Waals surface area (Å²) in [6, 6.07) is 12.2. The lowest BCUT2D eigenvalue weighted by Crippen LogP contribution is -2.06. The van der Waals surface area contributed by atoms with Gasteiger partial charge in [0.15, 0.2) is 0 Å². The Hall–Kier alpha value is -4.61. The molecular weight excluding hydrogens is 290 g/mol. The quantitative estimate of drug-likeness (QED) is 0.699. The third kappa shape index (κ3) is 1.69. The number of nitrogens with zero attached hydrogens (tertiary/aromatic N) is 7. The molecule has 0 fully saturated rings. The second kappa shape index (κ2) is 5.41. The summed E-state index contributed by atoms with van der Waals surface area (Å²) in [5.41, 5.74) is -1.74. The van der Waals surface area contributed by atoms with E-state index in [9.17, 15) is 36.8 Å². The minimum atomic E-state index is -1.23. The summed E-state index contributed by atoms with van der Waals surface area (Å²) in [6.45, 7) is 0. The van der Waals surface area contributed by atoms with E-state index >= 15 is 0 Å². The van der Waals surface area contributed by atoms with Gasteiger partial charge in [-0.3, -0.25) is 0 Å². The summed E-state index contributed by atoms with van der Waals surface area (Å²) in [4.78, 5) is 0. The molecule has 0 bridgehead atoms. The first-order valence-corrected chi connectivity index (χ1v) is 5.93. The maximum atomic E-state index is 9.34. The summed E-state index contributed by atoms with van der Waals surface area (Å²) < 4.78 is 0. The van der Waals surface area contributed by atoms with E-state index in [-0.39, 0.29) is 44.5 Å². The molecule has 1 atom stereocenters. The van der Waals surface area contributed by atoms with Crippen molar-refractivity contribution < 1.29 is 0 Å². The number of benzene rings is 1. The normalized spacial score (nSPS) is 14.0. The van der Waals surface area contributed by atoms with Crippen molar-refractivity contribution in [1.82, 2.24) is 0 Å². The van der Waals surface area contributed by atoms with Crippen LogP contribution in [-0.4, -0.2) is 0 Å². The molecule has 0 spiro atoms. The van der Waals surface area contributed by atoms with Crippen LogP contribution in [0.3, 0.4) is 0 Å². The summed E-state index contributed by atoms with van der Waals surface area (Å²) in [7, 11) is 0. The van der Waals surface area contributed by atoms with Crippen LogP contribution in [0.5, 0.6) is 0 Å². The van der Waals surface area contributed by atoms with Crippen LogP contribution in [0.4, 0.5) is 0 Å². The number of nitriles is 7. The molecule has 0 saturated carbocycles. The van der Waals surface area contributed by atoms with E-state index < -0.39 is 5.92 Å².